The smallest absolute Gasteiger partial charge is 0.251 e. The van der Waals surface area contributed by atoms with E-state index in [0.717, 1.165) is 13.0 Å². The van der Waals surface area contributed by atoms with Crippen molar-refractivity contribution in [1.82, 2.24) is 10.2 Å². The van der Waals surface area contributed by atoms with Crippen molar-refractivity contribution in [2.24, 2.45) is 10.8 Å². The first kappa shape index (κ1) is 18.1. The van der Waals surface area contributed by atoms with Gasteiger partial charge in [0.05, 0.1) is 5.69 Å². The van der Waals surface area contributed by atoms with E-state index in [4.69, 9.17) is 16.4 Å². The monoisotopic (exact) mass is 315 g/mol. The standard InChI is InChI=1S/C15H21N7O/c1-22(2)9-3-8-19-15(23)11-4-6-12(7-5-11)20-21-13(10-16)14(17)18/h4-7,20H,3,8-9H2,1-2H3,(H3,17,18)(H,19,23)/b21-13+. The minimum absolute atomic E-state index is 0.139. The molecular formula is C15H21N7O. The van der Waals surface area contributed by atoms with E-state index in [1.807, 2.05) is 14.1 Å². The summed E-state index contributed by atoms with van der Waals surface area (Å²) in [6.07, 6.45) is 0.884. The van der Waals surface area contributed by atoms with Gasteiger partial charge in [-0.25, -0.2) is 0 Å². The number of benzene rings is 1. The summed E-state index contributed by atoms with van der Waals surface area (Å²) in [5, 5.41) is 22.4. The lowest BCUT2D eigenvalue weighted by Gasteiger charge is -2.10. The molecule has 0 aromatic heterocycles. The van der Waals surface area contributed by atoms with Crippen molar-refractivity contribution >= 4 is 23.1 Å². The number of hydrazone groups is 1. The molecule has 1 rings (SSSR count). The fourth-order valence-corrected chi connectivity index (χ4v) is 1.66. The quantitative estimate of drug-likeness (QED) is 0.241. The molecule has 8 nitrogen and oxygen atoms in total. The first-order valence-corrected chi connectivity index (χ1v) is 7.05. The Balaban J connectivity index is 2.54. The summed E-state index contributed by atoms with van der Waals surface area (Å²) in [6, 6.07) is 8.33. The summed E-state index contributed by atoms with van der Waals surface area (Å²) < 4.78 is 0. The van der Waals surface area contributed by atoms with E-state index >= 15 is 0 Å². The predicted octanol–water partition coefficient (Wildman–Crippen LogP) is 0.596. The molecule has 0 saturated heterocycles. The second kappa shape index (κ2) is 9.17. The van der Waals surface area contributed by atoms with Crippen LogP contribution in [0.5, 0.6) is 0 Å². The van der Waals surface area contributed by atoms with Gasteiger partial charge in [0.1, 0.15) is 6.07 Å². The van der Waals surface area contributed by atoms with Crippen LogP contribution in [0.15, 0.2) is 29.4 Å². The maximum atomic E-state index is 11.9. The second-order valence-corrected chi connectivity index (χ2v) is 5.09. The number of nitriles is 1. The van der Waals surface area contributed by atoms with Gasteiger partial charge >= 0.3 is 0 Å². The van der Waals surface area contributed by atoms with Gasteiger partial charge in [-0.3, -0.25) is 15.6 Å². The van der Waals surface area contributed by atoms with Gasteiger partial charge in [0, 0.05) is 12.1 Å². The minimum Gasteiger partial charge on any atom is -0.382 e. The maximum absolute atomic E-state index is 11.9. The highest BCUT2D eigenvalue weighted by Crippen LogP contribution is 2.09. The van der Waals surface area contributed by atoms with Crippen molar-refractivity contribution in [3.05, 3.63) is 29.8 Å². The van der Waals surface area contributed by atoms with Gasteiger partial charge in [0.25, 0.3) is 5.91 Å². The Morgan fingerprint density at radius 1 is 1.39 bits per heavy atom. The van der Waals surface area contributed by atoms with Crippen LogP contribution in [0.3, 0.4) is 0 Å². The molecule has 0 unspecified atom stereocenters. The fourth-order valence-electron chi connectivity index (χ4n) is 1.66. The minimum atomic E-state index is -0.409. The summed E-state index contributed by atoms with van der Waals surface area (Å²) >= 11 is 0. The van der Waals surface area contributed by atoms with E-state index in [1.165, 1.54) is 0 Å². The second-order valence-electron chi connectivity index (χ2n) is 5.09. The largest absolute Gasteiger partial charge is 0.382 e. The molecule has 122 valence electrons. The number of nitrogens with two attached hydrogens (primary N) is 1. The van der Waals surface area contributed by atoms with E-state index < -0.39 is 5.84 Å². The number of carbonyl (C=O) groups is 1. The number of nitrogens with one attached hydrogen (secondary N) is 3. The average Bonchev–Trinajstić information content (AvgIpc) is 2.52. The Bertz CT molecular complexity index is 614. The number of amidine groups is 1. The van der Waals surface area contributed by atoms with Crippen LogP contribution >= 0.6 is 0 Å². The summed E-state index contributed by atoms with van der Waals surface area (Å²) in [6.45, 7) is 1.53. The van der Waals surface area contributed by atoms with E-state index in [1.54, 1.807) is 30.3 Å². The molecule has 0 aliphatic rings. The Kier molecular flexibility index (Phi) is 7.23. The van der Waals surface area contributed by atoms with Crippen molar-refractivity contribution in [1.29, 1.82) is 10.7 Å². The molecule has 0 radical (unpaired) electrons. The van der Waals surface area contributed by atoms with Gasteiger partial charge < -0.3 is 16.0 Å². The summed E-state index contributed by atoms with van der Waals surface area (Å²) in [5.41, 5.74) is 8.72. The van der Waals surface area contributed by atoms with Gasteiger partial charge in [-0.05, 0) is 51.3 Å². The summed E-state index contributed by atoms with van der Waals surface area (Å²) in [4.78, 5) is 14.0. The van der Waals surface area contributed by atoms with E-state index in [9.17, 15) is 4.79 Å². The summed E-state index contributed by atoms with van der Waals surface area (Å²) in [5.74, 6) is -0.547. The fraction of sp³-hybridized carbons (Fsp3) is 0.333. The highest BCUT2D eigenvalue weighted by molar-refractivity contribution is 6.45. The van der Waals surface area contributed by atoms with Gasteiger partial charge in [-0.2, -0.15) is 10.4 Å². The van der Waals surface area contributed by atoms with Gasteiger partial charge in [-0.1, -0.05) is 0 Å². The molecule has 0 atom stereocenters. The number of anilines is 1. The number of hydrogen-bond donors (Lipinski definition) is 4. The van der Waals surface area contributed by atoms with Crippen molar-refractivity contribution in [2.45, 2.75) is 6.42 Å². The molecule has 0 fully saturated rings. The lowest BCUT2D eigenvalue weighted by Crippen LogP contribution is -2.27. The SMILES string of the molecule is CN(C)CCCNC(=O)c1ccc(N/N=C(\C#N)C(=N)N)cc1. The maximum Gasteiger partial charge on any atom is 0.251 e. The Hall–Kier alpha value is -2.92. The van der Waals surface area contributed by atoms with Crippen molar-refractivity contribution < 1.29 is 4.79 Å². The molecule has 1 amide bonds. The number of hydrogen-bond acceptors (Lipinski definition) is 6. The van der Waals surface area contributed by atoms with E-state index in [0.29, 0.717) is 17.8 Å². The van der Waals surface area contributed by atoms with Crippen LogP contribution in [0, 0.1) is 16.7 Å². The molecule has 1 aromatic carbocycles. The van der Waals surface area contributed by atoms with Gasteiger partial charge in [0.2, 0.25) is 5.71 Å². The number of amides is 1. The lowest BCUT2D eigenvalue weighted by molar-refractivity contribution is 0.0952. The molecule has 5 N–H and O–H groups in total. The predicted molar refractivity (Wildman–Crippen MR) is 90.5 cm³/mol. The number of carbonyl (C=O) groups excluding carboxylic acids is 1. The van der Waals surface area contributed by atoms with Crippen LogP contribution in [0.2, 0.25) is 0 Å². The van der Waals surface area contributed by atoms with Crippen LogP contribution in [0.25, 0.3) is 0 Å². The van der Waals surface area contributed by atoms with E-state index in [2.05, 4.69) is 20.7 Å². The molecule has 0 aliphatic heterocycles. The molecule has 8 heteroatoms. The van der Waals surface area contributed by atoms with Crippen molar-refractivity contribution in [2.75, 3.05) is 32.6 Å². The zero-order valence-electron chi connectivity index (χ0n) is 13.3. The van der Waals surface area contributed by atoms with Crippen LogP contribution in [0.4, 0.5) is 5.69 Å². The average molecular weight is 315 g/mol. The zero-order chi connectivity index (χ0) is 17.2. The van der Waals surface area contributed by atoms with Gasteiger partial charge in [-0.15, -0.1) is 0 Å². The molecule has 0 aliphatic carbocycles. The molecule has 1 aromatic rings. The van der Waals surface area contributed by atoms with Crippen LogP contribution in [-0.2, 0) is 0 Å². The lowest BCUT2D eigenvalue weighted by atomic mass is 10.2. The third kappa shape index (κ3) is 6.58. The summed E-state index contributed by atoms with van der Waals surface area (Å²) in [7, 11) is 3.97. The first-order chi connectivity index (χ1) is 10.9. The molecule has 0 heterocycles. The van der Waals surface area contributed by atoms with E-state index in [-0.39, 0.29) is 11.6 Å². The first-order valence-electron chi connectivity index (χ1n) is 7.05. The molecular weight excluding hydrogens is 294 g/mol. The molecule has 0 spiro atoms. The number of nitrogens with zero attached hydrogens (tertiary/aromatic N) is 3. The third-order valence-electron chi connectivity index (χ3n) is 2.87. The molecule has 23 heavy (non-hydrogen) atoms. The van der Waals surface area contributed by atoms with Crippen molar-refractivity contribution in [3.63, 3.8) is 0 Å². The van der Waals surface area contributed by atoms with Crippen LogP contribution in [-0.4, -0.2) is 49.5 Å². The van der Waals surface area contributed by atoms with Crippen LogP contribution in [0.1, 0.15) is 16.8 Å². The Labute approximate surface area is 135 Å². The highest BCUT2D eigenvalue weighted by Gasteiger charge is 2.05. The third-order valence-corrected chi connectivity index (χ3v) is 2.87. The van der Waals surface area contributed by atoms with Crippen LogP contribution < -0.4 is 16.5 Å². The van der Waals surface area contributed by atoms with Crippen molar-refractivity contribution in [3.8, 4) is 6.07 Å². The normalized spacial score (nSPS) is 11.0. The molecule has 0 bridgehead atoms. The number of rotatable bonds is 8. The Morgan fingerprint density at radius 2 is 2.04 bits per heavy atom. The highest BCUT2D eigenvalue weighted by atomic mass is 16.1. The molecule has 0 saturated carbocycles. The Morgan fingerprint density at radius 3 is 2.57 bits per heavy atom. The van der Waals surface area contributed by atoms with Gasteiger partial charge in [0.15, 0.2) is 5.84 Å². The zero-order valence-corrected chi connectivity index (χ0v) is 13.3. The topological polar surface area (TPSA) is 130 Å².